The van der Waals surface area contributed by atoms with Crippen molar-refractivity contribution in [1.29, 1.82) is 5.26 Å². The van der Waals surface area contributed by atoms with Gasteiger partial charge in [-0.05, 0) is 38.1 Å². The Labute approximate surface area is 145 Å². The van der Waals surface area contributed by atoms with Gasteiger partial charge in [0.2, 0.25) is 5.89 Å². The van der Waals surface area contributed by atoms with Gasteiger partial charge in [0.15, 0.2) is 17.6 Å². The number of methoxy groups -OCH3 is 1. The van der Waals surface area contributed by atoms with E-state index in [1.807, 2.05) is 38.1 Å². The molecule has 126 valence electrons. The van der Waals surface area contributed by atoms with Crippen LogP contribution >= 0.6 is 0 Å². The van der Waals surface area contributed by atoms with Gasteiger partial charge >= 0.3 is 0 Å². The third-order valence-corrected chi connectivity index (χ3v) is 3.68. The van der Waals surface area contributed by atoms with Gasteiger partial charge in [-0.1, -0.05) is 17.7 Å². The van der Waals surface area contributed by atoms with Gasteiger partial charge in [-0.3, -0.25) is 0 Å². The Balaban J connectivity index is 1.79. The molecule has 25 heavy (non-hydrogen) atoms. The maximum Gasteiger partial charge on any atom is 0.257 e. The van der Waals surface area contributed by atoms with Crippen molar-refractivity contribution in [2.24, 2.45) is 0 Å². The summed E-state index contributed by atoms with van der Waals surface area (Å²) < 4.78 is 16.8. The fourth-order valence-corrected chi connectivity index (χ4v) is 2.29. The molecule has 0 aliphatic heterocycles. The van der Waals surface area contributed by atoms with Crippen LogP contribution in [0.4, 0.5) is 0 Å². The highest BCUT2D eigenvalue weighted by Crippen LogP contribution is 2.32. The van der Waals surface area contributed by atoms with E-state index in [9.17, 15) is 0 Å². The smallest absolute Gasteiger partial charge is 0.257 e. The molecule has 1 aromatic heterocycles. The molecular weight excluding hydrogens is 318 g/mol. The quantitative estimate of drug-likeness (QED) is 0.699. The number of rotatable bonds is 5. The van der Waals surface area contributed by atoms with Gasteiger partial charge in [0.1, 0.15) is 0 Å². The first kappa shape index (κ1) is 16.5. The highest BCUT2D eigenvalue weighted by molar-refractivity contribution is 5.53. The van der Waals surface area contributed by atoms with Gasteiger partial charge in [-0.25, -0.2) is 0 Å². The van der Waals surface area contributed by atoms with Crippen molar-refractivity contribution in [3.05, 3.63) is 59.5 Å². The molecule has 0 bridgehead atoms. The van der Waals surface area contributed by atoms with E-state index in [0.717, 1.165) is 11.1 Å². The number of nitriles is 1. The molecule has 0 saturated heterocycles. The predicted octanol–water partition coefficient (Wildman–Crippen LogP) is 4.07. The minimum atomic E-state index is -0.464. The van der Waals surface area contributed by atoms with E-state index in [1.165, 1.54) is 7.11 Å². The Hall–Kier alpha value is -3.33. The van der Waals surface area contributed by atoms with Crippen molar-refractivity contribution < 1.29 is 13.9 Å². The average molecular weight is 335 g/mol. The van der Waals surface area contributed by atoms with Gasteiger partial charge in [0.05, 0.1) is 18.7 Å². The standard InChI is InChI=1S/C19H17N3O3/c1-12-4-7-15(8-5-12)19-22-21-18(25-19)13(2)24-16-9-6-14(11-20)10-17(16)23-3/h4-10,13H,1-3H3/t13-/m0/s1. The summed E-state index contributed by atoms with van der Waals surface area (Å²) in [5.74, 6) is 1.78. The fourth-order valence-electron chi connectivity index (χ4n) is 2.29. The lowest BCUT2D eigenvalue weighted by Crippen LogP contribution is -2.04. The molecule has 0 amide bonds. The van der Waals surface area contributed by atoms with E-state index in [0.29, 0.717) is 28.8 Å². The summed E-state index contributed by atoms with van der Waals surface area (Å²) in [7, 11) is 1.52. The molecule has 1 heterocycles. The molecule has 1 atom stereocenters. The zero-order chi connectivity index (χ0) is 17.8. The van der Waals surface area contributed by atoms with Crippen LogP contribution in [0.3, 0.4) is 0 Å². The van der Waals surface area contributed by atoms with E-state index >= 15 is 0 Å². The summed E-state index contributed by atoms with van der Waals surface area (Å²) in [6, 6.07) is 14.9. The fraction of sp³-hybridized carbons (Fsp3) is 0.211. The van der Waals surface area contributed by atoms with Gasteiger partial charge in [-0.2, -0.15) is 5.26 Å². The van der Waals surface area contributed by atoms with Crippen LogP contribution in [0.2, 0.25) is 0 Å². The summed E-state index contributed by atoms with van der Waals surface area (Å²) in [6.45, 7) is 3.83. The Kier molecular flexibility index (Phi) is 4.66. The molecule has 3 rings (SSSR count). The molecule has 0 radical (unpaired) electrons. The molecular formula is C19H17N3O3. The Morgan fingerprint density at radius 1 is 1.08 bits per heavy atom. The van der Waals surface area contributed by atoms with Gasteiger partial charge in [-0.15, -0.1) is 10.2 Å². The van der Waals surface area contributed by atoms with Gasteiger partial charge in [0, 0.05) is 11.6 Å². The van der Waals surface area contributed by atoms with Crippen molar-refractivity contribution in [1.82, 2.24) is 10.2 Å². The lowest BCUT2D eigenvalue weighted by molar-refractivity contribution is 0.182. The second kappa shape index (κ2) is 7.05. The van der Waals surface area contributed by atoms with E-state index in [-0.39, 0.29) is 0 Å². The van der Waals surface area contributed by atoms with Crippen LogP contribution in [0.1, 0.15) is 30.0 Å². The molecule has 0 saturated carbocycles. The topological polar surface area (TPSA) is 81.2 Å². The van der Waals surface area contributed by atoms with E-state index in [4.69, 9.17) is 19.2 Å². The molecule has 6 nitrogen and oxygen atoms in total. The lowest BCUT2D eigenvalue weighted by Gasteiger charge is -2.14. The van der Waals surface area contributed by atoms with Crippen LogP contribution in [0.5, 0.6) is 11.5 Å². The summed E-state index contributed by atoms with van der Waals surface area (Å²) >= 11 is 0. The van der Waals surface area contributed by atoms with Crippen LogP contribution in [0.25, 0.3) is 11.5 Å². The van der Waals surface area contributed by atoms with Crippen molar-refractivity contribution in [3.8, 4) is 29.0 Å². The number of aromatic nitrogens is 2. The monoisotopic (exact) mass is 335 g/mol. The molecule has 6 heteroatoms. The SMILES string of the molecule is COc1cc(C#N)ccc1O[C@@H](C)c1nnc(-c2ccc(C)cc2)o1. The van der Waals surface area contributed by atoms with Crippen molar-refractivity contribution in [3.63, 3.8) is 0 Å². The molecule has 0 aliphatic rings. The number of benzene rings is 2. The maximum atomic E-state index is 8.96. The van der Waals surface area contributed by atoms with Crippen molar-refractivity contribution in [2.45, 2.75) is 20.0 Å². The third kappa shape index (κ3) is 3.61. The maximum absolute atomic E-state index is 8.96. The minimum absolute atomic E-state index is 0.363. The molecule has 0 unspecified atom stereocenters. The Bertz CT molecular complexity index is 910. The number of hydrogen-bond acceptors (Lipinski definition) is 6. The molecule has 0 N–H and O–H groups in total. The van der Waals surface area contributed by atoms with Gasteiger partial charge < -0.3 is 13.9 Å². The predicted molar refractivity (Wildman–Crippen MR) is 91.2 cm³/mol. The summed E-state index contributed by atoms with van der Waals surface area (Å²) in [6.07, 6.45) is -0.464. The van der Waals surface area contributed by atoms with Crippen LogP contribution in [0.15, 0.2) is 46.9 Å². The zero-order valence-corrected chi connectivity index (χ0v) is 14.2. The van der Waals surface area contributed by atoms with Crippen LogP contribution in [-0.2, 0) is 0 Å². The van der Waals surface area contributed by atoms with Crippen LogP contribution < -0.4 is 9.47 Å². The van der Waals surface area contributed by atoms with E-state index in [1.54, 1.807) is 18.2 Å². The highest BCUT2D eigenvalue weighted by atomic mass is 16.5. The summed E-state index contributed by atoms with van der Waals surface area (Å²) in [5.41, 5.74) is 2.51. The Morgan fingerprint density at radius 3 is 2.52 bits per heavy atom. The van der Waals surface area contributed by atoms with Crippen molar-refractivity contribution in [2.75, 3.05) is 7.11 Å². The van der Waals surface area contributed by atoms with E-state index in [2.05, 4.69) is 16.3 Å². The average Bonchev–Trinajstić information content (AvgIpc) is 3.13. The van der Waals surface area contributed by atoms with Crippen LogP contribution in [0, 0.1) is 18.3 Å². The third-order valence-electron chi connectivity index (χ3n) is 3.68. The largest absolute Gasteiger partial charge is 0.493 e. The lowest BCUT2D eigenvalue weighted by atomic mass is 10.1. The zero-order valence-electron chi connectivity index (χ0n) is 14.2. The second-order valence-corrected chi connectivity index (χ2v) is 5.55. The minimum Gasteiger partial charge on any atom is -0.493 e. The molecule has 0 fully saturated rings. The molecule has 2 aromatic carbocycles. The molecule has 0 aliphatic carbocycles. The molecule has 3 aromatic rings. The van der Waals surface area contributed by atoms with Crippen molar-refractivity contribution >= 4 is 0 Å². The number of ether oxygens (including phenoxy) is 2. The number of aryl methyl sites for hydroxylation is 1. The first-order chi connectivity index (χ1) is 12.1. The highest BCUT2D eigenvalue weighted by Gasteiger charge is 2.18. The number of nitrogens with zero attached hydrogens (tertiary/aromatic N) is 3. The molecule has 0 spiro atoms. The van der Waals surface area contributed by atoms with E-state index < -0.39 is 6.10 Å². The Morgan fingerprint density at radius 2 is 1.84 bits per heavy atom. The summed E-state index contributed by atoms with van der Waals surface area (Å²) in [5, 5.41) is 17.1. The normalized spacial score (nSPS) is 11.6. The number of hydrogen-bond donors (Lipinski definition) is 0. The van der Waals surface area contributed by atoms with Crippen LogP contribution in [-0.4, -0.2) is 17.3 Å². The summed E-state index contributed by atoms with van der Waals surface area (Å²) in [4.78, 5) is 0. The first-order valence-electron chi connectivity index (χ1n) is 7.76. The second-order valence-electron chi connectivity index (χ2n) is 5.55. The first-order valence-corrected chi connectivity index (χ1v) is 7.76. The van der Waals surface area contributed by atoms with Gasteiger partial charge in [0.25, 0.3) is 5.89 Å².